The highest BCUT2D eigenvalue weighted by molar-refractivity contribution is 7.92. The zero-order valence-electron chi connectivity index (χ0n) is 17.4. The van der Waals surface area contributed by atoms with Crippen molar-refractivity contribution in [2.24, 2.45) is 0 Å². The fraction of sp³-hybridized carbons (Fsp3) is 0.208. The van der Waals surface area contributed by atoms with E-state index in [1.54, 1.807) is 44.4 Å². The van der Waals surface area contributed by atoms with Gasteiger partial charge in [-0.25, -0.2) is 8.42 Å². The number of carbonyl (C=O) groups is 1. The van der Waals surface area contributed by atoms with Crippen LogP contribution in [0.5, 0.6) is 5.75 Å². The van der Waals surface area contributed by atoms with Gasteiger partial charge in [0.1, 0.15) is 5.75 Å². The van der Waals surface area contributed by atoms with Crippen LogP contribution in [0.25, 0.3) is 0 Å². The third-order valence-corrected chi connectivity index (χ3v) is 6.92. The molecule has 0 fully saturated rings. The van der Waals surface area contributed by atoms with Crippen LogP contribution in [0.4, 0.5) is 5.69 Å². The Hall–Kier alpha value is -3.32. The third-order valence-electron chi connectivity index (χ3n) is 5.54. The van der Waals surface area contributed by atoms with Crippen LogP contribution in [0.3, 0.4) is 0 Å². The maximum absolute atomic E-state index is 13.0. The van der Waals surface area contributed by atoms with Gasteiger partial charge in [0.25, 0.3) is 15.9 Å². The summed E-state index contributed by atoms with van der Waals surface area (Å²) in [6, 6.07) is 19.2. The average Bonchev–Trinajstić information content (AvgIpc) is 3.17. The van der Waals surface area contributed by atoms with Crippen molar-refractivity contribution in [1.82, 2.24) is 5.32 Å². The molecule has 0 aliphatic heterocycles. The van der Waals surface area contributed by atoms with Crippen LogP contribution >= 0.6 is 0 Å². The topological polar surface area (TPSA) is 84.5 Å². The van der Waals surface area contributed by atoms with E-state index in [4.69, 9.17) is 4.74 Å². The standard InChI is InChI=1S/C24H24N2O4S/c1-16-7-13-20(31(28,29)26-18-9-11-19(30-2)12-10-18)15-22(16)24(27)25-23-14-8-17-5-3-4-6-21(17)23/h3-7,9-13,15,23,26H,8,14H2,1-2H3,(H,25,27). The summed E-state index contributed by atoms with van der Waals surface area (Å²) in [6.07, 6.45) is 1.75. The number of benzene rings is 3. The van der Waals surface area contributed by atoms with E-state index in [-0.39, 0.29) is 16.8 Å². The lowest BCUT2D eigenvalue weighted by Crippen LogP contribution is -2.28. The van der Waals surface area contributed by atoms with E-state index in [1.165, 1.54) is 17.7 Å². The van der Waals surface area contributed by atoms with E-state index in [1.807, 2.05) is 18.2 Å². The molecule has 6 nitrogen and oxygen atoms in total. The van der Waals surface area contributed by atoms with Crippen molar-refractivity contribution in [3.63, 3.8) is 0 Å². The molecular formula is C24H24N2O4S. The molecule has 7 heteroatoms. The van der Waals surface area contributed by atoms with Crippen LogP contribution in [0.15, 0.2) is 71.6 Å². The van der Waals surface area contributed by atoms with Gasteiger partial charge in [0.2, 0.25) is 0 Å². The fourth-order valence-corrected chi connectivity index (χ4v) is 4.91. The monoisotopic (exact) mass is 436 g/mol. The highest BCUT2D eigenvalue weighted by Crippen LogP contribution is 2.31. The predicted molar refractivity (Wildman–Crippen MR) is 120 cm³/mol. The molecule has 1 atom stereocenters. The second kappa shape index (κ2) is 8.43. The van der Waals surface area contributed by atoms with Crippen molar-refractivity contribution in [2.75, 3.05) is 11.8 Å². The summed E-state index contributed by atoms with van der Waals surface area (Å²) in [5, 5.41) is 3.07. The van der Waals surface area contributed by atoms with Crippen LogP contribution in [0, 0.1) is 6.92 Å². The van der Waals surface area contributed by atoms with Gasteiger partial charge >= 0.3 is 0 Å². The molecule has 4 rings (SSSR count). The Balaban J connectivity index is 1.55. The van der Waals surface area contributed by atoms with Gasteiger partial charge < -0.3 is 10.1 Å². The number of anilines is 1. The Morgan fingerprint density at radius 1 is 1.03 bits per heavy atom. The highest BCUT2D eigenvalue weighted by atomic mass is 32.2. The Morgan fingerprint density at radius 3 is 2.52 bits per heavy atom. The first-order valence-electron chi connectivity index (χ1n) is 10.0. The van der Waals surface area contributed by atoms with E-state index >= 15 is 0 Å². The second-order valence-electron chi connectivity index (χ2n) is 7.57. The van der Waals surface area contributed by atoms with Gasteiger partial charge in [-0.2, -0.15) is 0 Å². The van der Waals surface area contributed by atoms with Gasteiger partial charge in [-0.1, -0.05) is 30.3 Å². The van der Waals surface area contributed by atoms with Crippen molar-refractivity contribution >= 4 is 21.6 Å². The number of sulfonamides is 1. The molecule has 2 N–H and O–H groups in total. The summed E-state index contributed by atoms with van der Waals surface area (Å²) in [6.45, 7) is 1.80. The predicted octanol–water partition coefficient (Wildman–Crippen LogP) is 4.22. The van der Waals surface area contributed by atoms with Crippen LogP contribution in [0.1, 0.15) is 39.5 Å². The number of ether oxygens (including phenoxy) is 1. The molecule has 0 aromatic heterocycles. The Kier molecular flexibility index (Phi) is 5.69. The average molecular weight is 437 g/mol. The summed E-state index contributed by atoms with van der Waals surface area (Å²) < 4.78 is 33.4. The molecule has 3 aromatic carbocycles. The van der Waals surface area contributed by atoms with Gasteiger partial charge in [0.15, 0.2) is 0 Å². The van der Waals surface area contributed by atoms with Gasteiger partial charge in [0.05, 0.1) is 18.0 Å². The summed E-state index contributed by atoms with van der Waals surface area (Å²) in [7, 11) is -2.31. The van der Waals surface area contributed by atoms with E-state index in [9.17, 15) is 13.2 Å². The number of methoxy groups -OCH3 is 1. The van der Waals surface area contributed by atoms with Crippen molar-refractivity contribution in [1.29, 1.82) is 0 Å². The Bertz CT molecular complexity index is 1220. The number of nitrogens with one attached hydrogen (secondary N) is 2. The van der Waals surface area contributed by atoms with Crippen LogP contribution in [-0.2, 0) is 16.4 Å². The molecule has 160 valence electrons. The van der Waals surface area contributed by atoms with Crippen molar-refractivity contribution in [3.8, 4) is 5.75 Å². The molecule has 0 spiro atoms. The Morgan fingerprint density at radius 2 is 1.77 bits per heavy atom. The Labute approximate surface area is 182 Å². The molecule has 1 aliphatic rings. The normalized spacial score (nSPS) is 15.2. The summed E-state index contributed by atoms with van der Waals surface area (Å²) >= 11 is 0. The second-order valence-corrected chi connectivity index (χ2v) is 9.26. The molecule has 0 saturated heterocycles. The number of hydrogen-bond acceptors (Lipinski definition) is 4. The van der Waals surface area contributed by atoms with Gasteiger partial charge in [-0.15, -0.1) is 0 Å². The van der Waals surface area contributed by atoms with Crippen molar-refractivity contribution in [2.45, 2.75) is 30.7 Å². The molecule has 1 unspecified atom stereocenters. The molecule has 0 saturated carbocycles. The summed E-state index contributed by atoms with van der Waals surface area (Å²) in [4.78, 5) is 13.0. The van der Waals surface area contributed by atoms with Crippen LogP contribution in [-0.4, -0.2) is 21.4 Å². The third kappa shape index (κ3) is 4.41. The molecule has 0 heterocycles. The van der Waals surface area contributed by atoms with E-state index in [0.717, 1.165) is 18.4 Å². The number of aryl methyl sites for hydroxylation is 2. The maximum atomic E-state index is 13.0. The first-order chi connectivity index (χ1) is 14.9. The van der Waals surface area contributed by atoms with Crippen LogP contribution < -0.4 is 14.8 Å². The smallest absolute Gasteiger partial charge is 0.261 e. The largest absolute Gasteiger partial charge is 0.497 e. The highest BCUT2D eigenvalue weighted by Gasteiger charge is 2.25. The first kappa shape index (κ1) is 20.9. The minimum atomic E-state index is -3.85. The SMILES string of the molecule is COc1ccc(NS(=O)(=O)c2ccc(C)c(C(=O)NC3CCc4ccccc43)c2)cc1. The minimum absolute atomic E-state index is 0.0332. The molecule has 31 heavy (non-hydrogen) atoms. The number of rotatable bonds is 6. The van der Waals surface area contributed by atoms with Crippen molar-refractivity contribution in [3.05, 3.63) is 89.0 Å². The molecule has 1 amide bonds. The lowest BCUT2D eigenvalue weighted by molar-refractivity contribution is 0.0936. The molecule has 3 aromatic rings. The summed E-state index contributed by atoms with van der Waals surface area (Å²) in [5.41, 5.74) is 3.84. The van der Waals surface area contributed by atoms with E-state index < -0.39 is 10.0 Å². The number of fused-ring (bicyclic) bond motifs is 1. The first-order valence-corrected chi connectivity index (χ1v) is 11.5. The molecule has 1 aliphatic carbocycles. The lowest BCUT2D eigenvalue weighted by Gasteiger charge is -2.16. The lowest BCUT2D eigenvalue weighted by atomic mass is 10.1. The van der Waals surface area contributed by atoms with Crippen molar-refractivity contribution < 1.29 is 17.9 Å². The quantitative estimate of drug-likeness (QED) is 0.606. The fourth-order valence-electron chi connectivity index (χ4n) is 3.83. The minimum Gasteiger partial charge on any atom is -0.497 e. The van der Waals surface area contributed by atoms with Gasteiger partial charge in [-0.05, 0) is 72.9 Å². The van der Waals surface area contributed by atoms with E-state index in [2.05, 4.69) is 16.1 Å². The zero-order valence-corrected chi connectivity index (χ0v) is 18.2. The number of amides is 1. The van der Waals surface area contributed by atoms with Gasteiger partial charge in [-0.3, -0.25) is 9.52 Å². The number of hydrogen-bond donors (Lipinski definition) is 2. The zero-order chi connectivity index (χ0) is 22.0. The van der Waals surface area contributed by atoms with E-state index in [0.29, 0.717) is 22.6 Å². The molecule has 0 radical (unpaired) electrons. The molecule has 0 bridgehead atoms. The number of carbonyl (C=O) groups excluding carboxylic acids is 1. The van der Waals surface area contributed by atoms with Gasteiger partial charge in [0, 0.05) is 11.3 Å². The maximum Gasteiger partial charge on any atom is 0.261 e. The molecular weight excluding hydrogens is 412 g/mol. The summed E-state index contributed by atoms with van der Waals surface area (Å²) in [5.74, 6) is 0.353. The van der Waals surface area contributed by atoms with Crippen LogP contribution in [0.2, 0.25) is 0 Å².